The van der Waals surface area contributed by atoms with Crippen molar-refractivity contribution in [1.82, 2.24) is 20.6 Å². The number of carbonyl (C=O) groups excluding carboxylic acids is 3. The topological polar surface area (TPSA) is 193 Å². The Labute approximate surface area is 160 Å². The van der Waals surface area contributed by atoms with E-state index in [-0.39, 0.29) is 19.3 Å². The molecule has 0 bridgehead atoms. The van der Waals surface area contributed by atoms with Gasteiger partial charge in [0.1, 0.15) is 12.1 Å². The monoisotopic (exact) mass is 400 g/mol. The molecule has 0 saturated heterocycles. The molecule has 0 aliphatic carbocycles. The average Bonchev–Trinajstić information content (AvgIpc) is 3.09. The van der Waals surface area contributed by atoms with Crippen molar-refractivity contribution in [2.45, 2.75) is 37.4 Å². The molecule has 11 nitrogen and oxygen atoms in total. The van der Waals surface area contributed by atoms with Gasteiger partial charge in [-0.25, -0.2) is 9.78 Å². The molecule has 0 aliphatic heterocycles. The maximum Gasteiger partial charge on any atom is 0.326 e. The zero-order valence-corrected chi connectivity index (χ0v) is 15.6. The smallest absolute Gasteiger partial charge is 0.326 e. The zero-order chi connectivity index (χ0) is 20.4. The molecule has 3 amide bonds. The second-order valence-electron chi connectivity index (χ2n) is 5.80. The van der Waals surface area contributed by atoms with E-state index in [1.54, 1.807) is 0 Å². The van der Waals surface area contributed by atoms with Gasteiger partial charge in [0, 0.05) is 18.3 Å². The molecule has 1 heterocycles. The van der Waals surface area contributed by atoms with Crippen LogP contribution in [0.2, 0.25) is 0 Å². The highest BCUT2D eigenvalue weighted by molar-refractivity contribution is 7.98. The second kappa shape index (κ2) is 11.2. The van der Waals surface area contributed by atoms with E-state index in [0.29, 0.717) is 11.4 Å². The lowest BCUT2D eigenvalue weighted by molar-refractivity contribution is -0.142. The molecule has 1 aromatic rings. The molecule has 0 fully saturated rings. The van der Waals surface area contributed by atoms with Crippen LogP contribution in [0.25, 0.3) is 0 Å². The number of amides is 3. The van der Waals surface area contributed by atoms with Gasteiger partial charge in [-0.2, -0.15) is 11.8 Å². The molecule has 0 radical (unpaired) electrons. The number of rotatable bonds is 12. The van der Waals surface area contributed by atoms with Crippen LogP contribution >= 0.6 is 11.8 Å². The summed E-state index contributed by atoms with van der Waals surface area (Å²) in [4.78, 5) is 53.6. The molecule has 12 heteroatoms. The SMILES string of the molecule is CSCCC(NC(=O)C(Cc1cnc[nH]1)NC(=O)C(N)CC(N)=O)C(=O)O. The van der Waals surface area contributed by atoms with Crippen molar-refractivity contribution >= 4 is 35.5 Å². The van der Waals surface area contributed by atoms with Gasteiger partial charge in [-0.15, -0.1) is 0 Å². The van der Waals surface area contributed by atoms with E-state index in [2.05, 4.69) is 20.6 Å². The van der Waals surface area contributed by atoms with Crippen molar-refractivity contribution < 1.29 is 24.3 Å². The first-order valence-electron chi connectivity index (χ1n) is 8.08. The largest absolute Gasteiger partial charge is 0.480 e. The van der Waals surface area contributed by atoms with Gasteiger partial charge in [0.25, 0.3) is 0 Å². The Bertz CT molecular complexity index is 653. The number of nitrogens with one attached hydrogen (secondary N) is 3. The molecular formula is C15H24N6O5S. The van der Waals surface area contributed by atoms with Gasteiger partial charge in [0.05, 0.1) is 18.8 Å². The predicted molar refractivity (Wildman–Crippen MR) is 98.6 cm³/mol. The normalized spacial score (nSPS) is 14.0. The Morgan fingerprint density at radius 3 is 2.44 bits per heavy atom. The first kappa shape index (κ1) is 22.4. The fraction of sp³-hybridized carbons (Fsp3) is 0.533. The summed E-state index contributed by atoms with van der Waals surface area (Å²) in [6.07, 6.45) is 4.59. The van der Waals surface area contributed by atoms with E-state index in [9.17, 15) is 24.3 Å². The van der Waals surface area contributed by atoms with Crippen LogP contribution in [0.5, 0.6) is 0 Å². The van der Waals surface area contributed by atoms with Crippen molar-refractivity contribution in [3.63, 3.8) is 0 Å². The number of aromatic nitrogens is 2. The Kier molecular flexibility index (Phi) is 9.30. The maximum atomic E-state index is 12.6. The predicted octanol–water partition coefficient (Wildman–Crippen LogP) is -2.04. The second-order valence-corrected chi connectivity index (χ2v) is 6.79. The van der Waals surface area contributed by atoms with Gasteiger partial charge in [-0.3, -0.25) is 14.4 Å². The summed E-state index contributed by atoms with van der Waals surface area (Å²) in [5, 5.41) is 14.1. The molecule has 150 valence electrons. The Hall–Kier alpha value is -2.60. The number of hydrogen-bond acceptors (Lipinski definition) is 7. The minimum Gasteiger partial charge on any atom is -0.480 e. The highest BCUT2D eigenvalue weighted by Gasteiger charge is 2.28. The number of aliphatic carboxylic acids is 1. The average molecular weight is 400 g/mol. The minimum absolute atomic E-state index is 0.0374. The Balaban J connectivity index is 2.85. The van der Waals surface area contributed by atoms with Crippen molar-refractivity contribution in [2.75, 3.05) is 12.0 Å². The number of carboxylic acid groups (broad SMARTS) is 1. The molecule has 0 spiro atoms. The number of nitrogens with two attached hydrogens (primary N) is 2. The highest BCUT2D eigenvalue weighted by Crippen LogP contribution is 2.04. The molecule has 8 N–H and O–H groups in total. The molecule has 27 heavy (non-hydrogen) atoms. The third-order valence-corrected chi connectivity index (χ3v) is 4.24. The van der Waals surface area contributed by atoms with Crippen molar-refractivity contribution in [1.29, 1.82) is 0 Å². The summed E-state index contributed by atoms with van der Waals surface area (Å²) in [5.74, 6) is -2.81. The molecule has 0 aromatic carbocycles. The van der Waals surface area contributed by atoms with Crippen molar-refractivity contribution in [2.24, 2.45) is 11.5 Å². The van der Waals surface area contributed by atoms with Crippen molar-refractivity contribution in [3.05, 3.63) is 18.2 Å². The molecule has 1 aromatic heterocycles. The molecule has 0 aliphatic rings. The van der Waals surface area contributed by atoms with E-state index in [0.717, 1.165) is 0 Å². The fourth-order valence-corrected chi connectivity index (χ4v) is 2.65. The Morgan fingerprint density at radius 2 is 1.93 bits per heavy atom. The summed E-state index contributed by atoms with van der Waals surface area (Å²) in [6.45, 7) is 0. The highest BCUT2D eigenvalue weighted by atomic mass is 32.2. The van der Waals surface area contributed by atoms with Crippen LogP contribution in [0, 0.1) is 0 Å². The third kappa shape index (κ3) is 8.09. The first-order chi connectivity index (χ1) is 12.7. The van der Waals surface area contributed by atoms with Gasteiger partial charge in [0.2, 0.25) is 17.7 Å². The summed E-state index contributed by atoms with van der Waals surface area (Å²) in [7, 11) is 0. The zero-order valence-electron chi connectivity index (χ0n) is 14.8. The number of carboxylic acids is 1. The lowest BCUT2D eigenvalue weighted by Crippen LogP contribution is -2.55. The number of primary amides is 1. The van der Waals surface area contributed by atoms with E-state index in [4.69, 9.17) is 11.5 Å². The third-order valence-electron chi connectivity index (χ3n) is 3.59. The number of H-pyrrole nitrogens is 1. The fourth-order valence-electron chi connectivity index (χ4n) is 2.18. The van der Waals surface area contributed by atoms with Crippen LogP contribution in [0.1, 0.15) is 18.5 Å². The first-order valence-corrected chi connectivity index (χ1v) is 9.47. The van der Waals surface area contributed by atoms with E-state index < -0.39 is 41.8 Å². The number of imidazole rings is 1. The molecule has 0 saturated carbocycles. The van der Waals surface area contributed by atoms with Gasteiger partial charge >= 0.3 is 5.97 Å². The van der Waals surface area contributed by atoms with Gasteiger partial charge in [0.15, 0.2) is 0 Å². The van der Waals surface area contributed by atoms with Crippen LogP contribution in [0.3, 0.4) is 0 Å². The summed E-state index contributed by atoms with van der Waals surface area (Å²) < 4.78 is 0. The van der Waals surface area contributed by atoms with Gasteiger partial charge in [-0.05, 0) is 18.4 Å². The van der Waals surface area contributed by atoms with Gasteiger partial charge < -0.3 is 32.2 Å². The number of carbonyl (C=O) groups is 4. The number of thioether (sulfide) groups is 1. The van der Waals surface area contributed by atoms with Crippen molar-refractivity contribution in [3.8, 4) is 0 Å². The number of hydrogen-bond donors (Lipinski definition) is 6. The lowest BCUT2D eigenvalue weighted by atomic mass is 10.1. The lowest BCUT2D eigenvalue weighted by Gasteiger charge is -2.22. The Morgan fingerprint density at radius 1 is 1.26 bits per heavy atom. The van der Waals surface area contributed by atoms with Crippen LogP contribution in [-0.4, -0.2) is 68.9 Å². The standard InChI is InChI=1S/C15H24N6O5S/c1-27-3-2-10(15(25)26)20-14(24)11(4-8-6-18-7-19-8)21-13(23)9(16)5-12(17)22/h6-7,9-11H,2-5,16H2,1H3,(H2,17,22)(H,18,19)(H,20,24)(H,21,23)(H,25,26). The summed E-state index contributed by atoms with van der Waals surface area (Å²) in [5.41, 5.74) is 11.2. The number of nitrogens with zero attached hydrogens (tertiary/aromatic N) is 1. The summed E-state index contributed by atoms with van der Waals surface area (Å²) in [6, 6.07) is -3.41. The summed E-state index contributed by atoms with van der Waals surface area (Å²) >= 11 is 1.45. The number of aromatic amines is 1. The van der Waals surface area contributed by atoms with Gasteiger partial charge in [-0.1, -0.05) is 0 Å². The van der Waals surface area contributed by atoms with Crippen LogP contribution in [0.4, 0.5) is 0 Å². The van der Waals surface area contributed by atoms with E-state index >= 15 is 0 Å². The molecule has 3 unspecified atom stereocenters. The van der Waals surface area contributed by atoms with Crippen LogP contribution in [-0.2, 0) is 25.6 Å². The maximum absolute atomic E-state index is 12.6. The molecular weight excluding hydrogens is 376 g/mol. The van der Waals surface area contributed by atoms with Crippen LogP contribution < -0.4 is 22.1 Å². The molecule has 3 atom stereocenters. The van der Waals surface area contributed by atoms with E-state index in [1.807, 2.05) is 6.26 Å². The quantitative estimate of drug-likeness (QED) is 0.231. The van der Waals surface area contributed by atoms with E-state index in [1.165, 1.54) is 24.3 Å². The van der Waals surface area contributed by atoms with Crippen LogP contribution in [0.15, 0.2) is 12.5 Å². The molecule has 1 rings (SSSR count). The minimum atomic E-state index is -1.22.